The Kier molecular flexibility index (Phi) is 4.83. The third-order valence-corrected chi connectivity index (χ3v) is 4.28. The number of hydrogen-bond donors (Lipinski definition) is 1. The Morgan fingerprint density at radius 3 is 2.84 bits per heavy atom. The summed E-state index contributed by atoms with van der Waals surface area (Å²) < 4.78 is 5.40. The first-order chi connectivity index (χ1) is 9.15. The maximum Gasteiger partial charge on any atom is 0.122 e. The van der Waals surface area contributed by atoms with E-state index < -0.39 is 0 Å². The van der Waals surface area contributed by atoms with Crippen LogP contribution in [0.3, 0.4) is 0 Å². The molecule has 19 heavy (non-hydrogen) atoms. The van der Waals surface area contributed by atoms with Gasteiger partial charge in [-0.1, -0.05) is 19.1 Å². The van der Waals surface area contributed by atoms with E-state index in [2.05, 4.69) is 49.2 Å². The van der Waals surface area contributed by atoms with Gasteiger partial charge in [0.15, 0.2) is 0 Å². The lowest BCUT2D eigenvalue weighted by atomic mass is 10.0. The van der Waals surface area contributed by atoms with Gasteiger partial charge in [-0.25, -0.2) is 0 Å². The predicted octanol–water partition coefficient (Wildman–Crippen LogP) is 2.44. The Bertz CT molecular complexity index is 419. The molecule has 0 bridgehead atoms. The molecule has 3 heteroatoms. The number of hydrogen-bond acceptors (Lipinski definition) is 3. The van der Waals surface area contributed by atoms with Crippen molar-refractivity contribution in [1.82, 2.24) is 10.2 Å². The zero-order valence-electron chi connectivity index (χ0n) is 12.6. The van der Waals surface area contributed by atoms with Gasteiger partial charge in [-0.3, -0.25) is 4.90 Å². The Morgan fingerprint density at radius 2 is 2.16 bits per heavy atom. The molecule has 1 heterocycles. The maximum absolute atomic E-state index is 5.40. The van der Waals surface area contributed by atoms with E-state index in [0.717, 1.165) is 31.8 Å². The van der Waals surface area contributed by atoms with Gasteiger partial charge in [0.1, 0.15) is 5.75 Å². The van der Waals surface area contributed by atoms with Crippen molar-refractivity contribution < 1.29 is 4.74 Å². The van der Waals surface area contributed by atoms with E-state index in [9.17, 15) is 0 Å². The average Bonchev–Trinajstić information content (AvgIpc) is 2.43. The van der Waals surface area contributed by atoms with Crippen LogP contribution in [0.1, 0.15) is 31.9 Å². The molecule has 1 aliphatic heterocycles. The summed E-state index contributed by atoms with van der Waals surface area (Å²) in [7, 11) is 1.74. The summed E-state index contributed by atoms with van der Waals surface area (Å²) in [4.78, 5) is 2.56. The first-order valence-electron chi connectivity index (χ1n) is 7.29. The van der Waals surface area contributed by atoms with Crippen LogP contribution in [0.5, 0.6) is 5.75 Å². The van der Waals surface area contributed by atoms with Gasteiger partial charge in [-0.2, -0.15) is 0 Å². The normalized spacial score (nSPS) is 24.4. The predicted molar refractivity (Wildman–Crippen MR) is 79.7 cm³/mol. The molecule has 1 N–H and O–H groups in total. The summed E-state index contributed by atoms with van der Waals surface area (Å²) in [5, 5.41) is 3.53. The lowest BCUT2D eigenvalue weighted by molar-refractivity contribution is 0.131. The molecular formula is C16H26N2O. The molecule has 1 aliphatic rings. The number of nitrogens with zero attached hydrogens (tertiary/aromatic N) is 1. The lowest BCUT2D eigenvalue weighted by Gasteiger charge is -2.38. The molecule has 2 rings (SSSR count). The van der Waals surface area contributed by atoms with Crippen LogP contribution in [0, 0.1) is 0 Å². The van der Waals surface area contributed by atoms with Crippen LogP contribution in [-0.2, 0) is 13.0 Å². The fourth-order valence-corrected chi connectivity index (χ4v) is 2.79. The summed E-state index contributed by atoms with van der Waals surface area (Å²) in [6, 6.07) is 7.73. The minimum atomic E-state index is 0.567. The third-order valence-electron chi connectivity index (χ3n) is 4.28. The molecular weight excluding hydrogens is 236 g/mol. The van der Waals surface area contributed by atoms with Crippen LogP contribution in [0.2, 0.25) is 0 Å². The van der Waals surface area contributed by atoms with E-state index in [1.807, 2.05) is 0 Å². The molecule has 0 aliphatic carbocycles. The first-order valence-corrected chi connectivity index (χ1v) is 7.29. The van der Waals surface area contributed by atoms with Crippen LogP contribution in [0.4, 0.5) is 0 Å². The molecule has 1 aromatic carbocycles. The van der Waals surface area contributed by atoms with Gasteiger partial charge in [-0.15, -0.1) is 0 Å². The quantitative estimate of drug-likeness (QED) is 0.902. The first kappa shape index (κ1) is 14.4. The van der Waals surface area contributed by atoms with E-state index >= 15 is 0 Å². The zero-order valence-corrected chi connectivity index (χ0v) is 12.6. The maximum atomic E-state index is 5.40. The SMILES string of the molecule is CCc1cc(CN2CCNC(C)C2C)ccc1OC. The van der Waals surface area contributed by atoms with E-state index in [1.54, 1.807) is 7.11 Å². The number of benzene rings is 1. The van der Waals surface area contributed by atoms with E-state index in [0.29, 0.717) is 12.1 Å². The van der Waals surface area contributed by atoms with Crippen molar-refractivity contribution in [2.75, 3.05) is 20.2 Å². The zero-order chi connectivity index (χ0) is 13.8. The van der Waals surface area contributed by atoms with Crippen molar-refractivity contribution in [3.63, 3.8) is 0 Å². The van der Waals surface area contributed by atoms with Crippen molar-refractivity contribution in [2.45, 2.75) is 45.8 Å². The Hall–Kier alpha value is -1.06. The van der Waals surface area contributed by atoms with Crippen molar-refractivity contribution in [3.8, 4) is 5.75 Å². The highest BCUT2D eigenvalue weighted by atomic mass is 16.5. The van der Waals surface area contributed by atoms with Gasteiger partial charge in [0.25, 0.3) is 0 Å². The summed E-state index contributed by atoms with van der Waals surface area (Å²) in [6.45, 7) is 9.99. The molecule has 3 nitrogen and oxygen atoms in total. The van der Waals surface area contributed by atoms with Gasteiger partial charge in [0.2, 0.25) is 0 Å². The molecule has 2 atom stereocenters. The summed E-state index contributed by atoms with van der Waals surface area (Å²) >= 11 is 0. The number of rotatable bonds is 4. The second-order valence-electron chi connectivity index (χ2n) is 5.45. The highest BCUT2D eigenvalue weighted by molar-refractivity contribution is 5.37. The molecule has 1 fully saturated rings. The van der Waals surface area contributed by atoms with Gasteiger partial charge >= 0.3 is 0 Å². The molecule has 0 radical (unpaired) electrons. The molecule has 2 unspecified atom stereocenters. The largest absolute Gasteiger partial charge is 0.496 e. The van der Waals surface area contributed by atoms with Crippen LogP contribution >= 0.6 is 0 Å². The number of nitrogens with one attached hydrogen (secondary N) is 1. The fourth-order valence-electron chi connectivity index (χ4n) is 2.79. The van der Waals surface area contributed by atoms with Gasteiger partial charge in [-0.05, 0) is 37.5 Å². The molecule has 0 aromatic heterocycles. The minimum absolute atomic E-state index is 0.567. The number of piperazine rings is 1. The van der Waals surface area contributed by atoms with Crippen molar-refractivity contribution >= 4 is 0 Å². The Labute approximate surface area is 116 Å². The third kappa shape index (κ3) is 3.28. The van der Waals surface area contributed by atoms with Crippen LogP contribution in [-0.4, -0.2) is 37.2 Å². The molecule has 0 spiro atoms. The highest BCUT2D eigenvalue weighted by Gasteiger charge is 2.24. The Morgan fingerprint density at radius 1 is 1.37 bits per heavy atom. The lowest BCUT2D eigenvalue weighted by Crippen LogP contribution is -2.54. The van der Waals surface area contributed by atoms with Gasteiger partial charge in [0.05, 0.1) is 7.11 Å². The van der Waals surface area contributed by atoms with Crippen LogP contribution in [0.15, 0.2) is 18.2 Å². The highest BCUT2D eigenvalue weighted by Crippen LogP contribution is 2.22. The molecule has 1 saturated heterocycles. The second kappa shape index (κ2) is 6.40. The van der Waals surface area contributed by atoms with Crippen molar-refractivity contribution in [3.05, 3.63) is 29.3 Å². The van der Waals surface area contributed by atoms with Gasteiger partial charge < -0.3 is 10.1 Å². The van der Waals surface area contributed by atoms with Gasteiger partial charge in [0, 0.05) is 31.7 Å². The van der Waals surface area contributed by atoms with Crippen LogP contribution < -0.4 is 10.1 Å². The minimum Gasteiger partial charge on any atom is -0.496 e. The van der Waals surface area contributed by atoms with Crippen molar-refractivity contribution in [2.24, 2.45) is 0 Å². The number of ether oxygens (including phenoxy) is 1. The standard InChI is InChI=1S/C16H26N2O/c1-5-15-10-14(6-7-16(15)19-4)11-18-9-8-17-12(2)13(18)3/h6-7,10,12-13,17H,5,8-9,11H2,1-4H3. The molecule has 106 valence electrons. The van der Waals surface area contributed by atoms with E-state index in [4.69, 9.17) is 4.74 Å². The van der Waals surface area contributed by atoms with Crippen LogP contribution in [0.25, 0.3) is 0 Å². The average molecular weight is 262 g/mol. The number of methoxy groups -OCH3 is 1. The topological polar surface area (TPSA) is 24.5 Å². The second-order valence-corrected chi connectivity index (χ2v) is 5.45. The fraction of sp³-hybridized carbons (Fsp3) is 0.625. The van der Waals surface area contributed by atoms with E-state index in [1.165, 1.54) is 11.1 Å². The molecule has 1 aromatic rings. The van der Waals surface area contributed by atoms with Crippen molar-refractivity contribution in [1.29, 1.82) is 0 Å². The summed E-state index contributed by atoms with van der Waals surface area (Å²) in [6.07, 6.45) is 1.02. The summed E-state index contributed by atoms with van der Waals surface area (Å²) in [5.74, 6) is 1.01. The van der Waals surface area contributed by atoms with E-state index in [-0.39, 0.29) is 0 Å². The molecule has 0 amide bonds. The monoisotopic (exact) mass is 262 g/mol. The number of aryl methyl sites for hydroxylation is 1. The molecule has 0 saturated carbocycles. The summed E-state index contributed by atoms with van der Waals surface area (Å²) in [5.41, 5.74) is 2.69. The Balaban J connectivity index is 2.10. The smallest absolute Gasteiger partial charge is 0.122 e.